The summed E-state index contributed by atoms with van der Waals surface area (Å²) in [6.45, 7) is 1.61. The number of rotatable bonds is 33. The normalized spacial score (nSPS) is 37.7. The summed E-state index contributed by atoms with van der Waals surface area (Å²) in [6.07, 6.45) is -12.2. The fourth-order valence-electron chi connectivity index (χ4n) is 8.45. The standard InChI is InChI=1S/C32H62O13.C14H26O12/c1-2-3-4-5-6-7-8-9-10-11-12-13-14-15-17-40-19-20-42-22-24-30(27(36)28(37)31(39)43-24)45-32-29(38)26(35)25(34)23(44-32)21-41-18-16-33;15-1-2-23-4-6-7(17)8(18)11(21)14(25-6)26-12-5(3-16)24-13(22)10(20)9(12)19/h23-39H,2-22H2,1H3;5-22H,1-4H2. The number of hydrogen-bond donors (Lipinski definition) is 15. The monoisotopic (exact) mass is 1040 g/mol. The minimum Gasteiger partial charge on any atom is -0.394 e. The third kappa shape index (κ3) is 21.5. The predicted molar refractivity (Wildman–Crippen MR) is 244 cm³/mol. The molecule has 71 heavy (non-hydrogen) atoms. The van der Waals surface area contributed by atoms with Gasteiger partial charge < -0.3 is 124 Å². The zero-order chi connectivity index (χ0) is 52.3. The van der Waals surface area contributed by atoms with Gasteiger partial charge in [-0.15, -0.1) is 0 Å². The quantitative estimate of drug-likeness (QED) is 0.0277. The van der Waals surface area contributed by atoms with E-state index in [1.165, 1.54) is 77.0 Å². The summed E-state index contributed by atoms with van der Waals surface area (Å²) in [5.74, 6) is 0. The van der Waals surface area contributed by atoms with E-state index in [4.69, 9.17) is 57.6 Å². The first-order valence-corrected chi connectivity index (χ1v) is 25.4. The van der Waals surface area contributed by atoms with Gasteiger partial charge in [0.25, 0.3) is 0 Å². The van der Waals surface area contributed by atoms with Crippen LogP contribution in [0.1, 0.15) is 96.8 Å². The lowest BCUT2D eigenvalue weighted by molar-refractivity contribution is -0.356. The number of aliphatic hydroxyl groups excluding tert-OH is 15. The minimum atomic E-state index is -1.74. The Kier molecular flexibility index (Phi) is 32.7. The van der Waals surface area contributed by atoms with Crippen LogP contribution in [0.4, 0.5) is 0 Å². The van der Waals surface area contributed by atoms with Crippen LogP contribution in [0.15, 0.2) is 0 Å². The highest BCUT2D eigenvalue weighted by Gasteiger charge is 2.52. The van der Waals surface area contributed by atoms with E-state index < -0.39 is 129 Å². The number of hydrogen-bond acceptors (Lipinski definition) is 25. The molecule has 4 saturated heterocycles. The first kappa shape index (κ1) is 64.3. The Morgan fingerprint density at radius 2 is 0.690 bits per heavy atom. The lowest BCUT2D eigenvalue weighted by Crippen LogP contribution is -2.64. The number of aliphatic hydroxyl groups is 15. The van der Waals surface area contributed by atoms with Crippen molar-refractivity contribution in [1.29, 1.82) is 0 Å². The van der Waals surface area contributed by atoms with Gasteiger partial charge in [0.15, 0.2) is 25.2 Å². The molecule has 25 heteroatoms. The molecule has 4 aliphatic heterocycles. The van der Waals surface area contributed by atoms with Crippen LogP contribution in [0.5, 0.6) is 0 Å². The molecule has 20 unspecified atom stereocenters. The van der Waals surface area contributed by atoms with Crippen molar-refractivity contribution >= 4 is 0 Å². The fourth-order valence-corrected chi connectivity index (χ4v) is 8.45. The second-order valence-electron chi connectivity index (χ2n) is 18.4. The second kappa shape index (κ2) is 36.1. The summed E-state index contributed by atoms with van der Waals surface area (Å²) < 4.78 is 53.9. The van der Waals surface area contributed by atoms with Gasteiger partial charge in [-0.05, 0) is 6.42 Å². The molecular formula is C46H88O25. The first-order chi connectivity index (χ1) is 34.1. The molecular weight excluding hydrogens is 952 g/mol. The van der Waals surface area contributed by atoms with Crippen molar-refractivity contribution < 1.29 is 124 Å². The molecule has 4 aliphatic rings. The highest BCUT2D eigenvalue weighted by atomic mass is 16.7. The molecule has 4 rings (SSSR count). The van der Waals surface area contributed by atoms with Gasteiger partial charge in [-0.3, -0.25) is 0 Å². The van der Waals surface area contributed by atoms with Crippen molar-refractivity contribution in [2.75, 3.05) is 72.7 Å². The van der Waals surface area contributed by atoms with Gasteiger partial charge in [-0.2, -0.15) is 0 Å². The Balaban J connectivity index is 0.000000432. The smallest absolute Gasteiger partial charge is 0.187 e. The van der Waals surface area contributed by atoms with Crippen LogP contribution in [0.25, 0.3) is 0 Å². The Morgan fingerprint density at radius 3 is 1.11 bits per heavy atom. The van der Waals surface area contributed by atoms with Gasteiger partial charge in [0, 0.05) is 6.61 Å². The van der Waals surface area contributed by atoms with Gasteiger partial charge in [0.2, 0.25) is 0 Å². The molecule has 0 saturated carbocycles. The molecule has 0 aliphatic carbocycles. The Morgan fingerprint density at radius 1 is 0.324 bits per heavy atom. The molecule has 0 aromatic carbocycles. The van der Waals surface area contributed by atoms with Crippen molar-refractivity contribution in [3.63, 3.8) is 0 Å². The average molecular weight is 1040 g/mol. The van der Waals surface area contributed by atoms with E-state index >= 15 is 0 Å². The second-order valence-corrected chi connectivity index (χ2v) is 18.4. The lowest BCUT2D eigenvalue weighted by atomic mass is 9.97. The molecule has 4 heterocycles. The van der Waals surface area contributed by atoms with E-state index in [1.54, 1.807) is 0 Å². The summed E-state index contributed by atoms with van der Waals surface area (Å²) in [4.78, 5) is 0. The maximum Gasteiger partial charge on any atom is 0.187 e. The van der Waals surface area contributed by atoms with Crippen LogP contribution in [-0.2, 0) is 47.4 Å². The molecule has 422 valence electrons. The molecule has 20 atom stereocenters. The first-order valence-electron chi connectivity index (χ1n) is 25.4. The highest BCUT2D eigenvalue weighted by molar-refractivity contribution is 4.95. The zero-order valence-corrected chi connectivity index (χ0v) is 41.0. The average Bonchev–Trinajstić information content (AvgIpc) is 3.36. The Hall–Kier alpha value is -1.00. The maximum absolute atomic E-state index is 10.6. The van der Waals surface area contributed by atoms with E-state index in [1.807, 2.05) is 0 Å². The van der Waals surface area contributed by atoms with Crippen molar-refractivity contribution in [3.05, 3.63) is 0 Å². The van der Waals surface area contributed by atoms with Gasteiger partial charge in [-0.25, -0.2) is 0 Å². The van der Waals surface area contributed by atoms with Crippen molar-refractivity contribution in [2.45, 2.75) is 220 Å². The summed E-state index contributed by atoms with van der Waals surface area (Å²) in [7, 11) is 0. The van der Waals surface area contributed by atoms with Crippen LogP contribution in [0.3, 0.4) is 0 Å². The SMILES string of the molecule is CCCCCCCCCCCCCCCCOCCOCC1OC(O)C(O)C(O)C1OC1OC(COCCO)C(O)C(O)C1O.OCCOCC1OC(OC2C(CO)OC(O)C(O)C2O)C(O)C(O)C1O. The molecule has 0 amide bonds. The third-order valence-corrected chi connectivity index (χ3v) is 12.7. The van der Waals surface area contributed by atoms with Crippen LogP contribution >= 0.6 is 0 Å². The molecule has 0 spiro atoms. The van der Waals surface area contributed by atoms with Crippen molar-refractivity contribution in [2.24, 2.45) is 0 Å². The number of unbranched alkanes of at least 4 members (excludes halogenated alkanes) is 13. The van der Waals surface area contributed by atoms with E-state index in [9.17, 15) is 66.4 Å². The van der Waals surface area contributed by atoms with Gasteiger partial charge >= 0.3 is 0 Å². The molecule has 0 aromatic heterocycles. The molecule has 25 nitrogen and oxygen atoms in total. The summed E-state index contributed by atoms with van der Waals surface area (Å²) in [5, 5.41) is 148. The van der Waals surface area contributed by atoms with Crippen LogP contribution < -0.4 is 0 Å². The van der Waals surface area contributed by atoms with Gasteiger partial charge in [0.05, 0.1) is 66.1 Å². The van der Waals surface area contributed by atoms with E-state index in [2.05, 4.69) is 6.92 Å². The zero-order valence-electron chi connectivity index (χ0n) is 41.0. The summed E-state index contributed by atoms with van der Waals surface area (Å²) >= 11 is 0. The predicted octanol–water partition coefficient (Wildman–Crippen LogP) is -4.24. The largest absolute Gasteiger partial charge is 0.394 e. The van der Waals surface area contributed by atoms with Gasteiger partial charge in [-0.1, -0.05) is 90.4 Å². The molecule has 15 N–H and O–H groups in total. The van der Waals surface area contributed by atoms with Crippen LogP contribution in [0.2, 0.25) is 0 Å². The molecule has 0 aromatic rings. The maximum atomic E-state index is 10.6. The van der Waals surface area contributed by atoms with Crippen molar-refractivity contribution in [1.82, 2.24) is 0 Å². The topological polar surface area (TPSA) is 396 Å². The number of ether oxygens (including phenoxy) is 10. The van der Waals surface area contributed by atoms with E-state index in [0.717, 1.165) is 12.8 Å². The summed E-state index contributed by atoms with van der Waals surface area (Å²) in [6, 6.07) is 0. The Labute approximate surface area is 415 Å². The van der Waals surface area contributed by atoms with E-state index in [-0.39, 0.29) is 52.9 Å². The Bertz CT molecular complexity index is 1310. The molecule has 0 radical (unpaired) electrons. The molecule has 4 fully saturated rings. The third-order valence-electron chi connectivity index (χ3n) is 12.7. The van der Waals surface area contributed by atoms with Gasteiger partial charge in [0.1, 0.15) is 97.7 Å². The van der Waals surface area contributed by atoms with Crippen LogP contribution in [-0.4, -0.2) is 272 Å². The lowest BCUT2D eigenvalue weighted by Gasteiger charge is -2.45. The highest BCUT2D eigenvalue weighted by Crippen LogP contribution is 2.31. The minimum absolute atomic E-state index is 0.0292. The van der Waals surface area contributed by atoms with Crippen LogP contribution in [0, 0.1) is 0 Å². The summed E-state index contributed by atoms with van der Waals surface area (Å²) in [5.41, 5.74) is 0. The van der Waals surface area contributed by atoms with E-state index in [0.29, 0.717) is 13.2 Å². The van der Waals surface area contributed by atoms with Crippen molar-refractivity contribution in [3.8, 4) is 0 Å². The molecule has 0 bridgehead atoms. The fraction of sp³-hybridized carbons (Fsp3) is 1.00.